The predicted octanol–water partition coefficient (Wildman–Crippen LogP) is 7.27. The van der Waals surface area contributed by atoms with Gasteiger partial charge in [0.25, 0.3) is 0 Å². The fraction of sp³-hybridized carbons (Fsp3) is 0.0968. The molecule has 0 aliphatic carbocycles. The molecule has 0 saturated heterocycles. The number of aliphatic hydroxyl groups is 1. The van der Waals surface area contributed by atoms with E-state index in [2.05, 4.69) is 50.8 Å². The molecule has 1 N–H and O–H groups in total. The lowest BCUT2D eigenvalue weighted by Gasteiger charge is -2.22. The Bertz CT molecular complexity index is 1480. The molecule has 2 atom stereocenters. The number of ether oxygens (including phenoxy) is 1. The Morgan fingerprint density at radius 3 is 2.31 bits per heavy atom. The number of benzene rings is 3. The summed E-state index contributed by atoms with van der Waals surface area (Å²) >= 11 is 3.56. The van der Waals surface area contributed by atoms with E-state index in [0.717, 1.165) is 37.9 Å². The maximum absolute atomic E-state index is 11.3. The Kier molecular flexibility index (Phi) is 7.10. The van der Waals surface area contributed by atoms with Crippen molar-refractivity contribution in [1.29, 1.82) is 0 Å². The molecular formula is C31H26BrN2O2+. The van der Waals surface area contributed by atoms with Crippen molar-refractivity contribution in [1.82, 2.24) is 4.98 Å². The number of methoxy groups -OCH3 is 1. The van der Waals surface area contributed by atoms with Crippen molar-refractivity contribution in [3.8, 4) is 5.75 Å². The lowest BCUT2D eigenvalue weighted by atomic mass is 9.87. The van der Waals surface area contributed by atoms with Crippen molar-refractivity contribution in [2.24, 2.45) is 0 Å². The lowest BCUT2D eigenvalue weighted by Crippen LogP contribution is -2.43. The molecule has 178 valence electrons. The minimum absolute atomic E-state index is 0.197. The Labute approximate surface area is 219 Å². The van der Waals surface area contributed by atoms with Crippen LogP contribution in [0.4, 0.5) is 0 Å². The number of hydrogen-bond acceptors (Lipinski definition) is 3. The number of para-hydroxylation sites is 1. The molecule has 0 saturated carbocycles. The first kappa shape index (κ1) is 23.8. The van der Waals surface area contributed by atoms with Gasteiger partial charge in [0.1, 0.15) is 17.2 Å². The molecule has 2 heterocycles. The molecule has 2 aromatic heterocycles. The third-order valence-corrected chi connectivity index (χ3v) is 6.83. The van der Waals surface area contributed by atoms with Gasteiger partial charge >= 0.3 is 0 Å². The van der Waals surface area contributed by atoms with Crippen molar-refractivity contribution in [2.45, 2.75) is 12.0 Å². The molecule has 5 rings (SSSR count). The zero-order chi connectivity index (χ0) is 24.9. The van der Waals surface area contributed by atoms with Gasteiger partial charge < -0.3 is 9.84 Å². The zero-order valence-electron chi connectivity index (χ0n) is 19.8. The summed E-state index contributed by atoms with van der Waals surface area (Å²) in [6.45, 7) is 0. The minimum Gasteiger partial charge on any atom is -0.508 e. The van der Waals surface area contributed by atoms with Crippen LogP contribution in [0.15, 0.2) is 126 Å². The predicted molar refractivity (Wildman–Crippen MR) is 147 cm³/mol. The topological polar surface area (TPSA) is 46.2 Å². The van der Waals surface area contributed by atoms with E-state index in [1.54, 1.807) is 7.11 Å². The normalized spacial score (nSPS) is 13.3. The molecule has 0 aliphatic heterocycles. The molecule has 5 heteroatoms. The number of fused-ring (bicyclic) bond motifs is 1. The van der Waals surface area contributed by atoms with E-state index >= 15 is 0 Å². The van der Waals surface area contributed by atoms with Crippen molar-refractivity contribution < 1.29 is 14.4 Å². The minimum atomic E-state index is -0.207. The maximum atomic E-state index is 11.3. The summed E-state index contributed by atoms with van der Waals surface area (Å²) in [4.78, 5) is 5.06. The molecule has 0 radical (unpaired) electrons. The highest BCUT2D eigenvalue weighted by atomic mass is 79.9. The average Bonchev–Trinajstić information content (AvgIpc) is 2.93. The summed E-state index contributed by atoms with van der Waals surface area (Å²) in [5.41, 5.74) is 3.64. The van der Waals surface area contributed by atoms with Gasteiger partial charge in [0, 0.05) is 27.6 Å². The summed E-state index contributed by atoms with van der Waals surface area (Å²) in [5, 5.41) is 12.4. The lowest BCUT2D eigenvalue weighted by molar-refractivity contribution is -0.716. The van der Waals surface area contributed by atoms with Crippen LogP contribution in [0.1, 0.15) is 28.8 Å². The second kappa shape index (κ2) is 10.8. The van der Waals surface area contributed by atoms with Crippen LogP contribution in [-0.2, 0) is 0 Å². The highest BCUT2D eigenvalue weighted by Gasteiger charge is 2.33. The van der Waals surface area contributed by atoms with Crippen LogP contribution in [0, 0.1) is 0 Å². The van der Waals surface area contributed by atoms with E-state index in [4.69, 9.17) is 9.72 Å². The van der Waals surface area contributed by atoms with E-state index < -0.39 is 0 Å². The molecular weight excluding hydrogens is 512 g/mol. The molecule has 5 aromatic rings. The average molecular weight is 538 g/mol. The van der Waals surface area contributed by atoms with Crippen LogP contribution in [0.3, 0.4) is 0 Å². The van der Waals surface area contributed by atoms with Crippen molar-refractivity contribution in [3.05, 3.63) is 143 Å². The fourth-order valence-electron chi connectivity index (χ4n) is 4.45. The van der Waals surface area contributed by atoms with E-state index in [9.17, 15) is 5.11 Å². The van der Waals surface area contributed by atoms with Gasteiger partial charge in [-0.15, -0.1) is 0 Å². The molecule has 0 bridgehead atoms. The Morgan fingerprint density at radius 1 is 0.861 bits per heavy atom. The highest BCUT2D eigenvalue weighted by molar-refractivity contribution is 9.10. The number of aliphatic hydroxyl groups excluding tert-OH is 1. The molecule has 0 fully saturated rings. The smallest absolute Gasteiger partial charge is 0.210 e. The summed E-state index contributed by atoms with van der Waals surface area (Å²) in [7, 11) is 1.63. The van der Waals surface area contributed by atoms with Gasteiger partial charge in [-0.05, 0) is 60.2 Å². The van der Waals surface area contributed by atoms with E-state index in [-0.39, 0.29) is 17.7 Å². The van der Waals surface area contributed by atoms with Gasteiger partial charge in [-0.3, -0.25) is 0 Å². The van der Waals surface area contributed by atoms with Gasteiger partial charge in [-0.25, -0.2) is 4.98 Å². The molecule has 36 heavy (non-hydrogen) atoms. The SMILES string of the molecule is COc1ccc(/C(O)=C/C(c2ccc(Br)cc2)C(c2ccc3ccccc3n2)[n+]2ccccc2)cc1. The standard InChI is InChI=1S/C31H25BrN2O2/c1-36-26-16-11-24(12-17-26)30(35)21-27(22-9-14-25(32)15-10-22)31(34-19-5-2-6-20-34)29-18-13-23-7-3-4-8-28(23)33-29/h2-21,27,31H,1H3/p+1/b30-21-. The van der Waals surface area contributed by atoms with E-state index in [1.807, 2.05) is 91.3 Å². The van der Waals surface area contributed by atoms with Gasteiger partial charge in [-0.2, -0.15) is 4.57 Å². The summed E-state index contributed by atoms with van der Waals surface area (Å²) < 4.78 is 8.44. The van der Waals surface area contributed by atoms with Crippen LogP contribution in [-0.4, -0.2) is 17.2 Å². The third-order valence-electron chi connectivity index (χ3n) is 6.30. The quantitative estimate of drug-likeness (QED) is 0.175. The second-order valence-electron chi connectivity index (χ2n) is 8.55. The molecule has 0 aliphatic rings. The fourth-order valence-corrected chi connectivity index (χ4v) is 4.71. The van der Waals surface area contributed by atoms with E-state index in [1.165, 1.54) is 0 Å². The molecule has 0 amide bonds. The third kappa shape index (κ3) is 5.16. The molecule has 4 nitrogen and oxygen atoms in total. The van der Waals surface area contributed by atoms with Crippen LogP contribution in [0.5, 0.6) is 5.75 Å². The number of halogens is 1. The number of hydrogen-bond donors (Lipinski definition) is 1. The summed E-state index contributed by atoms with van der Waals surface area (Å²) in [6.07, 6.45) is 6.02. The molecule has 2 unspecified atom stereocenters. The van der Waals surface area contributed by atoms with Crippen molar-refractivity contribution >= 4 is 32.6 Å². The first-order valence-electron chi connectivity index (χ1n) is 11.7. The first-order chi connectivity index (χ1) is 17.6. The number of allylic oxidation sites excluding steroid dienone is 1. The highest BCUT2D eigenvalue weighted by Crippen LogP contribution is 2.35. The van der Waals surface area contributed by atoms with Gasteiger partial charge in [0.05, 0.1) is 18.5 Å². The van der Waals surface area contributed by atoms with Gasteiger partial charge in [0.15, 0.2) is 12.4 Å². The number of pyridine rings is 2. The maximum Gasteiger partial charge on any atom is 0.210 e. The zero-order valence-corrected chi connectivity index (χ0v) is 21.4. The second-order valence-corrected chi connectivity index (χ2v) is 9.47. The molecule has 3 aromatic carbocycles. The van der Waals surface area contributed by atoms with Gasteiger partial charge in [0.2, 0.25) is 6.04 Å². The van der Waals surface area contributed by atoms with Crippen LogP contribution in [0.2, 0.25) is 0 Å². The Hall–Kier alpha value is -3.96. The van der Waals surface area contributed by atoms with Crippen LogP contribution < -0.4 is 9.30 Å². The Balaban J connectivity index is 1.69. The largest absolute Gasteiger partial charge is 0.508 e. The molecule has 0 spiro atoms. The van der Waals surface area contributed by atoms with Crippen LogP contribution >= 0.6 is 15.9 Å². The van der Waals surface area contributed by atoms with Crippen LogP contribution in [0.25, 0.3) is 16.7 Å². The Morgan fingerprint density at radius 2 is 1.58 bits per heavy atom. The van der Waals surface area contributed by atoms with Crippen molar-refractivity contribution in [3.63, 3.8) is 0 Å². The summed E-state index contributed by atoms with van der Waals surface area (Å²) in [6, 6.07) is 33.8. The summed E-state index contributed by atoms with van der Waals surface area (Å²) in [5.74, 6) is 0.739. The number of aromatic nitrogens is 2. The van der Waals surface area contributed by atoms with Crippen molar-refractivity contribution in [2.75, 3.05) is 7.11 Å². The van der Waals surface area contributed by atoms with E-state index in [0.29, 0.717) is 0 Å². The number of nitrogens with zero attached hydrogens (tertiary/aromatic N) is 2. The van der Waals surface area contributed by atoms with Gasteiger partial charge in [-0.1, -0.05) is 58.4 Å². The monoisotopic (exact) mass is 537 g/mol. The first-order valence-corrected chi connectivity index (χ1v) is 12.5. The number of rotatable bonds is 7.